The van der Waals surface area contributed by atoms with Crippen LogP contribution in [-0.2, 0) is 0 Å². The Labute approximate surface area is 277 Å². The van der Waals surface area contributed by atoms with E-state index in [1.165, 1.54) is 0 Å². The van der Waals surface area contributed by atoms with E-state index in [1.807, 2.05) is 54.6 Å². The maximum atomic E-state index is 10.6. The highest BCUT2D eigenvalue weighted by Gasteiger charge is 2.21. The number of rotatable bonds is 4. The number of benzene rings is 7. The molecule has 0 aliphatic carbocycles. The lowest BCUT2D eigenvalue weighted by molar-refractivity contribution is 1.17. The van der Waals surface area contributed by atoms with Crippen LogP contribution in [0.5, 0.6) is 0 Å². The van der Waals surface area contributed by atoms with Crippen LogP contribution in [-0.4, -0.2) is 9.13 Å². The van der Waals surface area contributed by atoms with E-state index in [2.05, 4.69) is 124 Å². The Kier molecular flexibility index (Phi) is 6.22. The van der Waals surface area contributed by atoms with Crippen LogP contribution in [0.15, 0.2) is 158 Å². The molecule has 0 saturated heterocycles. The zero-order valence-corrected chi connectivity index (χ0v) is 25.8. The number of hydrogen-bond acceptors (Lipinski definition) is 2. The summed E-state index contributed by atoms with van der Waals surface area (Å²) in [5, 5.41) is 25.6. The van der Waals surface area contributed by atoms with Gasteiger partial charge in [0.1, 0.15) is 12.1 Å². The molecule has 0 spiro atoms. The smallest absolute Gasteiger partial charge is 0.101 e. The lowest BCUT2D eigenvalue weighted by Crippen LogP contribution is -2.02. The maximum absolute atomic E-state index is 10.6. The molecule has 48 heavy (non-hydrogen) atoms. The topological polar surface area (TPSA) is 57.4 Å². The van der Waals surface area contributed by atoms with E-state index in [1.54, 1.807) is 0 Å². The SMILES string of the molecule is N#Cc1cc(-c2ccccc2-c2cccc(C#N)c2-n2c3ccccc3c3ccccc32)ccc1-n1c2ccccc2c2ccccc21. The Morgan fingerprint density at radius 2 is 0.833 bits per heavy atom. The third kappa shape index (κ3) is 4.01. The second-order valence-corrected chi connectivity index (χ2v) is 11.9. The summed E-state index contributed by atoms with van der Waals surface area (Å²) < 4.78 is 4.41. The van der Waals surface area contributed by atoms with Crippen molar-refractivity contribution in [3.63, 3.8) is 0 Å². The molecule has 0 bridgehead atoms. The fourth-order valence-corrected chi connectivity index (χ4v) is 7.40. The summed E-state index contributed by atoms with van der Waals surface area (Å²) >= 11 is 0. The molecule has 0 aliphatic heterocycles. The molecule has 9 aromatic rings. The van der Waals surface area contributed by atoms with Crippen LogP contribution in [0.2, 0.25) is 0 Å². The number of aromatic nitrogens is 2. The second kappa shape index (κ2) is 10.9. The summed E-state index contributed by atoms with van der Waals surface area (Å²) in [7, 11) is 0. The van der Waals surface area contributed by atoms with Crippen molar-refractivity contribution < 1.29 is 0 Å². The quantitative estimate of drug-likeness (QED) is 0.199. The van der Waals surface area contributed by atoms with Crippen molar-refractivity contribution in [3.05, 3.63) is 169 Å². The Balaban J connectivity index is 1.28. The largest absolute Gasteiger partial charge is 0.308 e. The average Bonchev–Trinajstić information content (AvgIpc) is 3.67. The van der Waals surface area contributed by atoms with Crippen molar-refractivity contribution in [3.8, 4) is 45.8 Å². The van der Waals surface area contributed by atoms with Crippen molar-refractivity contribution >= 4 is 43.6 Å². The van der Waals surface area contributed by atoms with Gasteiger partial charge in [-0.1, -0.05) is 115 Å². The van der Waals surface area contributed by atoms with E-state index in [-0.39, 0.29) is 0 Å². The zero-order chi connectivity index (χ0) is 32.2. The molecular formula is C44H26N4. The summed E-state index contributed by atoms with van der Waals surface area (Å²) in [6.45, 7) is 0. The zero-order valence-electron chi connectivity index (χ0n) is 25.8. The molecule has 0 aliphatic rings. The molecule has 0 amide bonds. The highest BCUT2D eigenvalue weighted by molar-refractivity contribution is 6.11. The van der Waals surface area contributed by atoms with Crippen molar-refractivity contribution in [2.24, 2.45) is 0 Å². The molecule has 0 fully saturated rings. The molecular weight excluding hydrogens is 585 g/mol. The molecule has 4 nitrogen and oxygen atoms in total. The molecule has 0 radical (unpaired) electrons. The standard InChI is InChI=1S/C44H26N4/c45-27-30-12-11-19-38(44(30)48-42-22-9-5-17-36(42)37-18-6-10-23-43(37)48)33-14-2-1-13-32(33)29-24-25-39(31(26-29)28-46)47-40-20-7-3-15-34(40)35-16-4-8-21-41(35)47/h1-26H. The first-order valence-electron chi connectivity index (χ1n) is 15.9. The van der Waals surface area contributed by atoms with Gasteiger partial charge in [0, 0.05) is 27.1 Å². The minimum Gasteiger partial charge on any atom is -0.308 e. The first-order chi connectivity index (χ1) is 23.8. The molecule has 4 heteroatoms. The summed E-state index contributed by atoms with van der Waals surface area (Å²) in [5.74, 6) is 0. The molecule has 2 heterocycles. The minimum atomic E-state index is 0.585. The normalized spacial score (nSPS) is 11.3. The van der Waals surface area contributed by atoms with Crippen LogP contribution >= 0.6 is 0 Å². The van der Waals surface area contributed by atoms with Crippen LogP contribution in [0.3, 0.4) is 0 Å². The van der Waals surface area contributed by atoms with Crippen LogP contribution in [0.1, 0.15) is 11.1 Å². The Morgan fingerprint density at radius 1 is 0.375 bits per heavy atom. The van der Waals surface area contributed by atoms with Gasteiger partial charge in [-0.05, 0) is 59.2 Å². The van der Waals surface area contributed by atoms with E-state index in [9.17, 15) is 10.5 Å². The lowest BCUT2D eigenvalue weighted by atomic mass is 9.91. The van der Waals surface area contributed by atoms with Gasteiger partial charge in [-0.2, -0.15) is 10.5 Å². The van der Waals surface area contributed by atoms with Crippen molar-refractivity contribution in [2.75, 3.05) is 0 Å². The van der Waals surface area contributed by atoms with E-state index in [4.69, 9.17) is 0 Å². The van der Waals surface area contributed by atoms with E-state index in [0.717, 1.165) is 77.2 Å². The van der Waals surface area contributed by atoms with Gasteiger partial charge < -0.3 is 9.13 Å². The third-order valence-electron chi connectivity index (χ3n) is 9.43. The van der Waals surface area contributed by atoms with Gasteiger partial charge in [-0.25, -0.2) is 0 Å². The van der Waals surface area contributed by atoms with Gasteiger partial charge >= 0.3 is 0 Å². The van der Waals surface area contributed by atoms with Crippen LogP contribution in [0.4, 0.5) is 0 Å². The Morgan fingerprint density at radius 3 is 1.38 bits per heavy atom. The summed E-state index contributed by atoms with van der Waals surface area (Å²) in [6, 6.07) is 58.7. The molecule has 222 valence electrons. The van der Waals surface area contributed by atoms with Gasteiger partial charge in [0.05, 0.1) is 44.6 Å². The molecule has 0 saturated carbocycles. The second-order valence-electron chi connectivity index (χ2n) is 11.9. The molecule has 0 N–H and O–H groups in total. The Hall–Kier alpha value is -6.88. The van der Waals surface area contributed by atoms with Gasteiger partial charge in [0.15, 0.2) is 0 Å². The van der Waals surface area contributed by atoms with Crippen LogP contribution in [0.25, 0.3) is 77.2 Å². The van der Waals surface area contributed by atoms with Crippen LogP contribution in [0, 0.1) is 22.7 Å². The summed E-state index contributed by atoms with van der Waals surface area (Å²) in [4.78, 5) is 0. The van der Waals surface area contributed by atoms with E-state index >= 15 is 0 Å². The van der Waals surface area contributed by atoms with Gasteiger partial charge in [-0.15, -0.1) is 0 Å². The molecule has 0 unspecified atom stereocenters. The number of nitriles is 2. The van der Waals surface area contributed by atoms with Crippen LogP contribution < -0.4 is 0 Å². The minimum absolute atomic E-state index is 0.585. The number of nitrogens with zero attached hydrogens (tertiary/aromatic N) is 4. The molecule has 2 aromatic heterocycles. The first kappa shape index (κ1) is 27.4. The number of para-hydroxylation sites is 5. The predicted octanol–water partition coefficient (Wildman–Crippen LogP) is 11.0. The van der Waals surface area contributed by atoms with Crippen molar-refractivity contribution in [2.45, 2.75) is 0 Å². The lowest BCUT2D eigenvalue weighted by Gasteiger charge is -2.19. The van der Waals surface area contributed by atoms with Gasteiger partial charge in [0.25, 0.3) is 0 Å². The average molecular weight is 611 g/mol. The van der Waals surface area contributed by atoms with Gasteiger partial charge in [0.2, 0.25) is 0 Å². The first-order valence-corrected chi connectivity index (χ1v) is 15.9. The predicted molar refractivity (Wildman–Crippen MR) is 195 cm³/mol. The van der Waals surface area contributed by atoms with Gasteiger partial charge in [-0.3, -0.25) is 0 Å². The van der Waals surface area contributed by atoms with Crippen molar-refractivity contribution in [1.29, 1.82) is 10.5 Å². The van der Waals surface area contributed by atoms with Crippen molar-refractivity contribution in [1.82, 2.24) is 9.13 Å². The molecule has 9 rings (SSSR count). The van der Waals surface area contributed by atoms with E-state index < -0.39 is 0 Å². The van der Waals surface area contributed by atoms with E-state index in [0.29, 0.717) is 11.1 Å². The fourth-order valence-electron chi connectivity index (χ4n) is 7.40. The highest BCUT2D eigenvalue weighted by Crippen LogP contribution is 2.42. The molecule has 0 atom stereocenters. The maximum Gasteiger partial charge on any atom is 0.101 e. The fraction of sp³-hybridized carbons (Fsp3) is 0. The highest BCUT2D eigenvalue weighted by atomic mass is 15.0. The third-order valence-corrected chi connectivity index (χ3v) is 9.43. The molecule has 7 aromatic carbocycles. The monoisotopic (exact) mass is 610 g/mol. The number of hydrogen-bond donors (Lipinski definition) is 0. The summed E-state index contributed by atoms with van der Waals surface area (Å²) in [6.07, 6.45) is 0. The summed E-state index contributed by atoms with van der Waals surface area (Å²) in [5.41, 5.74) is 10.9. The number of fused-ring (bicyclic) bond motifs is 6. The Bertz CT molecular complexity index is 2710.